The fraction of sp³-hybridized carbons (Fsp3) is 0.300. The van der Waals surface area contributed by atoms with Crippen molar-refractivity contribution in [3.05, 3.63) is 78.5 Å². The predicted octanol–water partition coefficient (Wildman–Crippen LogP) is 3.87. The fourth-order valence-corrected chi connectivity index (χ4v) is 2.87. The van der Waals surface area contributed by atoms with Crippen LogP contribution in [0.5, 0.6) is 0 Å². The highest BCUT2D eigenvalue weighted by Gasteiger charge is 2.08. The summed E-state index contributed by atoms with van der Waals surface area (Å²) >= 11 is 0. The molecule has 25 heavy (non-hydrogen) atoms. The van der Waals surface area contributed by atoms with Gasteiger partial charge in [-0.05, 0) is 43.2 Å². The first-order chi connectivity index (χ1) is 12.3. The average molecular weight is 336 g/mol. The van der Waals surface area contributed by atoms with Crippen LogP contribution in [0.1, 0.15) is 24.7 Å². The zero-order valence-electron chi connectivity index (χ0n) is 14.6. The van der Waals surface area contributed by atoms with Crippen molar-refractivity contribution < 1.29 is 4.42 Å². The average Bonchev–Trinajstić information content (AvgIpc) is 3.29. The lowest BCUT2D eigenvalue weighted by atomic mass is 10.2. The summed E-state index contributed by atoms with van der Waals surface area (Å²) in [6.07, 6.45) is 14.3. The minimum Gasteiger partial charge on any atom is -0.465 e. The van der Waals surface area contributed by atoms with Crippen LogP contribution in [0.2, 0.25) is 0 Å². The third-order valence-electron chi connectivity index (χ3n) is 3.98. The van der Waals surface area contributed by atoms with E-state index in [1.165, 1.54) is 11.1 Å². The molecule has 3 rings (SSSR count). The van der Waals surface area contributed by atoms with Crippen LogP contribution in [0.4, 0.5) is 0 Å². The summed E-state index contributed by atoms with van der Waals surface area (Å²) < 4.78 is 7.54. The topological polar surface area (TPSA) is 47.1 Å². The molecule has 0 aliphatic rings. The van der Waals surface area contributed by atoms with E-state index in [9.17, 15) is 0 Å². The third-order valence-corrected chi connectivity index (χ3v) is 3.98. The Morgan fingerprint density at radius 2 is 2.20 bits per heavy atom. The summed E-state index contributed by atoms with van der Waals surface area (Å²) in [6, 6.07) is 8.01. The van der Waals surface area contributed by atoms with Gasteiger partial charge in [0.2, 0.25) is 0 Å². The SMILES string of the molecule is CC(=Cc1ccco1)CN(CCCn1ccnc1)Cc1cccnc1. The number of nitrogens with zero attached hydrogens (tertiary/aromatic N) is 4. The maximum atomic E-state index is 5.42. The van der Waals surface area contributed by atoms with Gasteiger partial charge in [0.1, 0.15) is 5.76 Å². The van der Waals surface area contributed by atoms with Crippen LogP contribution in [-0.2, 0) is 13.1 Å². The standard InChI is InChI=1S/C20H24N4O/c1-18(13-20-6-3-12-25-20)15-24(16-19-5-2-7-21-14-19)10-4-9-23-11-8-22-17-23/h2-3,5-8,11-14,17H,4,9-10,15-16H2,1H3. The lowest BCUT2D eigenvalue weighted by Gasteiger charge is -2.23. The molecule has 0 saturated carbocycles. The molecule has 0 spiro atoms. The first-order valence-electron chi connectivity index (χ1n) is 8.57. The Morgan fingerprint density at radius 3 is 2.92 bits per heavy atom. The largest absolute Gasteiger partial charge is 0.465 e. The molecule has 3 heterocycles. The number of imidazole rings is 1. The Labute approximate surface area is 148 Å². The Kier molecular flexibility index (Phi) is 6.17. The number of rotatable bonds is 9. The van der Waals surface area contributed by atoms with E-state index in [1.54, 1.807) is 6.26 Å². The van der Waals surface area contributed by atoms with E-state index in [2.05, 4.69) is 38.5 Å². The maximum Gasteiger partial charge on any atom is 0.126 e. The highest BCUT2D eigenvalue weighted by atomic mass is 16.3. The van der Waals surface area contributed by atoms with Crippen LogP contribution in [0.3, 0.4) is 0 Å². The molecule has 5 nitrogen and oxygen atoms in total. The molecular weight excluding hydrogens is 312 g/mol. The van der Waals surface area contributed by atoms with Gasteiger partial charge < -0.3 is 8.98 Å². The molecule has 0 amide bonds. The van der Waals surface area contributed by atoms with E-state index in [0.717, 1.165) is 38.4 Å². The maximum absolute atomic E-state index is 5.42. The van der Waals surface area contributed by atoms with Crippen molar-refractivity contribution in [2.75, 3.05) is 13.1 Å². The Bertz CT molecular complexity index is 748. The van der Waals surface area contributed by atoms with E-state index < -0.39 is 0 Å². The van der Waals surface area contributed by atoms with Gasteiger partial charge >= 0.3 is 0 Å². The van der Waals surface area contributed by atoms with Crippen molar-refractivity contribution in [3.8, 4) is 0 Å². The third kappa shape index (κ3) is 5.72. The first-order valence-corrected chi connectivity index (χ1v) is 8.57. The van der Waals surface area contributed by atoms with E-state index in [0.29, 0.717) is 0 Å². The molecule has 0 bridgehead atoms. The summed E-state index contributed by atoms with van der Waals surface area (Å²) in [5, 5.41) is 0. The molecule has 0 aliphatic carbocycles. The molecule has 0 aliphatic heterocycles. The van der Waals surface area contributed by atoms with Crippen molar-refractivity contribution in [1.29, 1.82) is 0 Å². The molecule has 0 N–H and O–H groups in total. The van der Waals surface area contributed by atoms with Crippen molar-refractivity contribution in [1.82, 2.24) is 19.4 Å². The molecule has 0 saturated heterocycles. The highest BCUT2D eigenvalue weighted by Crippen LogP contribution is 2.11. The Hall–Kier alpha value is -2.66. The van der Waals surface area contributed by atoms with Gasteiger partial charge in [-0.3, -0.25) is 9.88 Å². The molecule has 3 aromatic rings. The molecule has 0 fully saturated rings. The van der Waals surface area contributed by atoms with E-state index in [-0.39, 0.29) is 0 Å². The summed E-state index contributed by atoms with van der Waals surface area (Å²) in [5.41, 5.74) is 2.51. The van der Waals surface area contributed by atoms with E-state index >= 15 is 0 Å². The minimum absolute atomic E-state index is 0.890. The quantitative estimate of drug-likeness (QED) is 0.595. The number of hydrogen-bond donors (Lipinski definition) is 0. The monoisotopic (exact) mass is 336 g/mol. The van der Waals surface area contributed by atoms with Gasteiger partial charge in [-0.15, -0.1) is 0 Å². The number of hydrogen-bond acceptors (Lipinski definition) is 4. The predicted molar refractivity (Wildman–Crippen MR) is 98.7 cm³/mol. The number of aromatic nitrogens is 3. The van der Waals surface area contributed by atoms with Crippen molar-refractivity contribution >= 4 is 6.08 Å². The molecule has 0 radical (unpaired) electrons. The van der Waals surface area contributed by atoms with Crippen molar-refractivity contribution in [3.63, 3.8) is 0 Å². The van der Waals surface area contributed by atoms with Gasteiger partial charge in [0, 0.05) is 51.0 Å². The highest BCUT2D eigenvalue weighted by molar-refractivity contribution is 5.46. The molecular formula is C20H24N4O. The summed E-state index contributed by atoms with van der Waals surface area (Å²) in [4.78, 5) is 10.8. The summed E-state index contributed by atoms with van der Waals surface area (Å²) in [6.45, 7) is 5.93. The molecule has 3 aromatic heterocycles. The number of aryl methyl sites for hydroxylation is 1. The number of pyridine rings is 1. The van der Waals surface area contributed by atoms with Crippen LogP contribution >= 0.6 is 0 Å². The second kappa shape index (κ2) is 8.99. The van der Waals surface area contributed by atoms with Crippen LogP contribution in [-0.4, -0.2) is 32.5 Å². The first kappa shape index (κ1) is 17.2. The van der Waals surface area contributed by atoms with Crippen LogP contribution in [0, 0.1) is 0 Å². The van der Waals surface area contributed by atoms with Crippen molar-refractivity contribution in [2.24, 2.45) is 0 Å². The van der Waals surface area contributed by atoms with E-state index in [4.69, 9.17) is 4.42 Å². The second-order valence-electron chi connectivity index (χ2n) is 6.23. The Morgan fingerprint density at radius 1 is 1.24 bits per heavy atom. The minimum atomic E-state index is 0.890. The van der Waals surface area contributed by atoms with Crippen LogP contribution in [0.15, 0.2) is 71.6 Å². The van der Waals surface area contributed by atoms with E-state index in [1.807, 2.05) is 49.3 Å². The van der Waals surface area contributed by atoms with Gasteiger partial charge in [0.25, 0.3) is 0 Å². The molecule has 5 heteroatoms. The smallest absolute Gasteiger partial charge is 0.126 e. The molecule has 0 aromatic carbocycles. The zero-order chi connectivity index (χ0) is 17.3. The zero-order valence-corrected chi connectivity index (χ0v) is 14.6. The molecule has 0 atom stereocenters. The van der Waals surface area contributed by atoms with Gasteiger partial charge in [-0.2, -0.15) is 0 Å². The van der Waals surface area contributed by atoms with Crippen LogP contribution in [0.25, 0.3) is 6.08 Å². The Balaban J connectivity index is 1.60. The van der Waals surface area contributed by atoms with Gasteiger partial charge in [-0.1, -0.05) is 11.6 Å². The van der Waals surface area contributed by atoms with Crippen LogP contribution < -0.4 is 0 Å². The second-order valence-corrected chi connectivity index (χ2v) is 6.23. The lowest BCUT2D eigenvalue weighted by molar-refractivity contribution is 0.278. The number of furan rings is 1. The van der Waals surface area contributed by atoms with Gasteiger partial charge in [0.05, 0.1) is 12.6 Å². The lowest BCUT2D eigenvalue weighted by Crippen LogP contribution is -2.27. The van der Waals surface area contributed by atoms with Gasteiger partial charge in [-0.25, -0.2) is 4.98 Å². The summed E-state index contributed by atoms with van der Waals surface area (Å²) in [7, 11) is 0. The van der Waals surface area contributed by atoms with Gasteiger partial charge in [0.15, 0.2) is 0 Å². The summed E-state index contributed by atoms with van der Waals surface area (Å²) in [5.74, 6) is 0.900. The normalized spacial score (nSPS) is 12.0. The van der Waals surface area contributed by atoms with Crippen molar-refractivity contribution in [2.45, 2.75) is 26.4 Å². The fourth-order valence-electron chi connectivity index (χ4n) is 2.87. The molecule has 130 valence electrons. The molecule has 0 unspecified atom stereocenters.